The number of carbonyl (C=O) groups excluding carboxylic acids is 1. The highest BCUT2D eigenvalue weighted by atomic mass is 16.2. The van der Waals surface area contributed by atoms with Crippen molar-refractivity contribution in [1.29, 1.82) is 0 Å². The first-order valence-corrected chi connectivity index (χ1v) is 12.8. The lowest BCUT2D eigenvalue weighted by atomic mass is 10.1. The van der Waals surface area contributed by atoms with E-state index in [1.54, 1.807) is 60.7 Å². The SMILES string of the molecule is Cc1ccccc1-n1c([C@H](C)NC(=O)c2c(N)nn3cccnc23)nc2cccc(C#Cc3cnn(C)c3)c2c1=O. The fraction of sp³-hybridized carbons (Fsp3) is 0.133. The van der Waals surface area contributed by atoms with Crippen LogP contribution in [0, 0.1) is 18.8 Å². The number of aromatic nitrogens is 7. The predicted molar refractivity (Wildman–Crippen MR) is 155 cm³/mol. The van der Waals surface area contributed by atoms with Crippen LogP contribution in [0.5, 0.6) is 0 Å². The molecule has 0 bridgehead atoms. The third-order valence-corrected chi connectivity index (χ3v) is 6.71. The maximum atomic E-state index is 14.3. The third kappa shape index (κ3) is 4.57. The van der Waals surface area contributed by atoms with Gasteiger partial charge in [-0.25, -0.2) is 14.5 Å². The number of nitrogen functional groups attached to an aromatic ring is 1. The monoisotopic (exact) mass is 543 g/mol. The average molecular weight is 544 g/mol. The second-order valence-corrected chi connectivity index (χ2v) is 9.59. The van der Waals surface area contributed by atoms with Crippen LogP contribution >= 0.6 is 0 Å². The van der Waals surface area contributed by atoms with E-state index in [4.69, 9.17) is 10.7 Å². The first kappa shape index (κ1) is 25.5. The molecule has 1 atom stereocenters. The number of nitrogens with two attached hydrogens (primary N) is 1. The minimum absolute atomic E-state index is 0.0491. The maximum absolute atomic E-state index is 14.3. The summed E-state index contributed by atoms with van der Waals surface area (Å²) in [6.07, 6.45) is 6.69. The Balaban J connectivity index is 1.50. The standard InChI is InChI=1S/C30H25N9O2/c1-18-8-4-5-11-23(18)39-27(19(2)34-29(40)25-26(31)36-38-15-7-14-32-28(25)38)35-22-10-6-9-21(24(22)30(39)41)13-12-20-16-33-37(3)17-20/h4-11,14-17,19H,1-3H3,(H2,31,36)(H,34,40)/t19-/m0/s1. The predicted octanol–water partition coefficient (Wildman–Crippen LogP) is 2.94. The number of hydrogen-bond acceptors (Lipinski definition) is 7. The highest BCUT2D eigenvalue weighted by molar-refractivity contribution is 6.04. The number of carbonyl (C=O) groups is 1. The largest absolute Gasteiger partial charge is 0.381 e. The fourth-order valence-electron chi connectivity index (χ4n) is 4.77. The number of rotatable bonds is 4. The number of amides is 1. The molecule has 6 aromatic rings. The van der Waals surface area contributed by atoms with Crippen molar-refractivity contribution in [3.05, 3.63) is 112 Å². The summed E-state index contributed by atoms with van der Waals surface area (Å²) in [5.41, 5.74) is 9.50. The van der Waals surface area contributed by atoms with E-state index in [2.05, 4.69) is 32.3 Å². The van der Waals surface area contributed by atoms with Crippen LogP contribution in [0.3, 0.4) is 0 Å². The molecule has 0 aliphatic rings. The van der Waals surface area contributed by atoms with E-state index in [0.29, 0.717) is 33.6 Å². The van der Waals surface area contributed by atoms with Gasteiger partial charge in [-0.05, 0) is 43.7 Å². The Morgan fingerprint density at radius 2 is 1.93 bits per heavy atom. The van der Waals surface area contributed by atoms with Crippen LogP contribution in [0.4, 0.5) is 5.82 Å². The van der Waals surface area contributed by atoms with Gasteiger partial charge in [0.05, 0.1) is 34.4 Å². The van der Waals surface area contributed by atoms with Crippen molar-refractivity contribution in [3.63, 3.8) is 0 Å². The van der Waals surface area contributed by atoms with Gasteiger partial charge in [0.25, 0.3) is 11.5 Å². The highest BCUT2D eigenvalue weighted by Gasteiger charge is 2.25. The number of para-hydroxylation sites is 1. The van der Waals surface area contributed by atoms with Gasteiger partial charge in [0.1, 0.15) is 11.4 Å². The summed E-state index contributed by atoms with van der Waals surface area (Å²) in [7, 11) is 1.82. The van der Waals surface area contributed by atoms with Gasteiger partial charge in [-0.2, -0.15) is 5.10 Å². The summed E-state index contributed by atoms with van der Waals surface area (Å²) in [4.78, 5) is 36.9. The minimum Gasteiger partial charge on any atom is -0.381 e. The van der Waals surface area contributed by atoms with Crippen molar-refractivity contribution in [2.45, 2.75) is 19.9 Å². The zero-order valence-electron chi connectivity index (χ0n) is 22.5. The van der Waals surface area contributed by atoms with Crippen LogP contribution < -0.4 is 16.6 Å². The van der Waals surface area contributed by atoms with E-state index in [1.807, 2.05) is 38.2 Å². The van der Waals surface area contributed by atoms with Gasteiger partial charge in [0.2, 0.25) is 0 Å². The average Bonchev–Trinajstić information content (AvgIpc) is 3.53. The molecule has 11 heteroatoms. The van der Waals surface area contributed by atoms with E-state index in [1.165, 1.54) is 9.08 Å². The topological polar surface area (TPSA) is 138 Å². The molecule has 1 amide bonds. The highest BCUT2D eigenvalue weighted by Crippen LogP contribution is 2.23. The summed E-state index contributed by atoms with van der Waals surface area (Å²) in [6.45, 7) is 3.68. The van der Waals surface area contributed by atoms with Gasteiger partial charge in [-0.15, -0.1) is 5.10 Å². The number of aryl methyl sites for hydroxylation is 2. The lowest BCUT2D eigenvalue weighted by Crippen LogP contribution is -2.34. The molecule has 202 valence electrons. The van der Waals surface area contributed by atoms with E-state index in [-0.39, 0.29) is 16.9 Å². The quantitative estimate of drug-likeness (QED) is 0.326. The van der Waals surface area contributed by atoms with Crippen LogP contribution in [0.25, 0.3) is 22.2 Å². The number of nitrogens with one attached hydrogen (secondary N) is 1. The van der Waals surface area contributed by atoms with Gasteiger partial charge in [-0.3, -0.25) is 18.8 Å². The Labute approximate surface area is 234 Å². The molecule has 0 radical (unpaired) electrons. The van der Waals surface area contributed by atoms with E-state index >= 15 is 0 Å². The second-order valence-electron chi connectivity index (χ2n) is 9.59. The van der Waals surface area contributed by atoms with E-state index < -0.39 is 11.9 Å². The lowest BCUT2D eigenvalue weighted by Gasteiger charge is -2.21. The molecular weight excluding hydrogens is 518 g/mol. The Morgan fingerprint density at radius 3 is 2.71 bits per heavy atom. The zero-order valence-corrected chi connectivity index (χ0v) is 22.5. The molecule has 2 aromatic carbocycles. The summed E-state index contributed by atoms with van der Waals surface area (Å²) in [5, 5.41) is 11.7. The number of benzene rings is 2. The molecule has 0 unspecified atom stereocenters. The summed E-state index contributed by atoms with van der Waals surface area (Å²) < 4.78 is 4.65. The Kier molecular flexibility index (Phi) is 6.28. The zero-order chi connectivity index (χ0) is 28.7. The van der Waals surface area contributed by atoms with Crippen molar-refractivity contribution in [3.8, 4) is 17.5 Å². The first-order chi connectivity index (χ1) is 19.8. The normalized spacial score (nSPS) is 11.8. The lowest BCUT2D eigenvalue weighted by molar-refractivity contribution is 0.0940. The van der Waals surface area contributed by atoms with Gasteiger partial charge in [0, 0.05) is 31.2 Å². The summed E-state index contributed by atoms with van der Waals surface area (Å²) in [5.74, 6) is 6.12. The van der Waals surface area contributed by atoms with Crippen LogP contribution in [0.1, 0.15) is 45.8 Å². The van der Waals surface area contributed by atoms with Gasteiger partial charge >= 0.3 is 0 Å². The van der Waals surface area contributed by atoms with Gasteiger partial charge in [-0.1, -0.05) is 36.1 Å². The molecule has 41 heavy (non-hydrogen) atoms. The van der Waals surface area contributed by atoms with Crippen LogP contribution in [-0.2, 0) is 7.05 Å². The molecular formula is C30H25N9O2. The Morgan fingerprint density at radius 1 is 1.10 bits per heavy atom. The molecule has 6 rings (SSSR count). The van der Waals surface area contributed by atoms with Crippen molar-refractivity contribution in [2.75, 3.05) is 5.73 Å². The summed E-state index contributed by atoms with van der Waals surface area (Å²) >= 11 is 0. The molecule has 3 N–H and O–H groups in total. The van der Waals surface area contributed by atoms with Crippen molar-refractivity contribution >= 4 is 28.3 Å². The van der Waals surface area contributed by atoms with Crippen LogP contribution in [0.15, 0.2) is 78.1 Å². The molecule has 0 saturated carbocycles. The molecule has 0 fully saturated rings. The third-order valence-electron chi connectivity index (χ3n) is 6.71. The van der Waals surface area contributed by atoms with Gasteiger partial charge < -0.3 is 11.1 Å². The van der Waals surface area contributed by atoms with Crippen LogP contribution in [0.2, 0.25) is 0 Å². The number of anilines is 1. The molecule has 0 saturated heterocycles. The molecule has 4 heterocycles. The Hall–Kier alpha value is -5.76. The van der Waals surface area contributed by atoms with Crippen molar-refractivity contribution in [1.82, 2.24) is 39.2 Å². The van der Waals surface area contributed by atoms with E-state index in [9.17, 15) is 9.59 Å². The molecule has 0 aliphatic heterocycles. The van der Waals surface area contributed by atoms with Crippen molar-refractivity contribution < 1.29 is 4.79 Å². The van der Waals surface area contributed by atoms with Crippen molar-refractivity contribution in [2.24, 2.45) is 7.05 Å². The molecule has 11 nitrogen and oxygen atoms in total. The first-order valence-electron chi connectivity index (χ1n) is 12.8. The minimum atomic E-state index is -0.692. The smallest absolute Gasteiger partial charge is 0.267 e. The van der Waals surface area contributed by atoms with Gasteiger partial charge in [0.15, 0.2) is 11.5 Å². The Bertz CT molecular complexity index is 2090. The van der Waals surface area contributed by atoms with E-state index in [0.717, 1.165) is 11.1 Å². The molecule has 0 spiro atoms. The number of fused-ring (bicyclic) bond motifs is 2. The summed E-state index contributed by atoms with van der Waals surface area (Å²) in [6, 6.07) is 13.9. The number of hydrogen-bond donors (Lipinski definition) is 2. The molecule has 4 aromatic heterocycles. The van der Waals surface area contributed by atoms with Crippen LogP contribution in [-0.4, -0.2) is 39.8 Å². The second kappa shape index (κ2) is 10.1. The maximum Gasteiger partial charge on any atom is 0.267 e. The number of nitrogens with zero attached hydrogens (tertiary/aromatic N) is 7. The molecule has 0 aliphatic carbocycles. The fourth-order valence-corrected chi connectivity index (χ4v) is 4.77.